The predicted molar refractivity (Wildman–Crippen MR) is 95.7 cm³/mol. The van der Waals surface area contributed by atoms with Crippen molar-refractivity contribution in [2.45, 2.75) is 19.8 Å². The van der Waals surface area contributed by atoms with Gasteiger partial charge in [0.1, 0.15) is 11.5 Å². The summed E-state index contributed by atoms with van der Waals surface area (Å²) in [7, 11) is 0. The second kappa shape index (κ2) is 9.32. The molecule has 2 amide bonds. The summed E-state index contributed by atoms with van der Waals surface area (Å²) in [5.41, 5.74) is 6.77. The molecule has 25 heavy (non-hydrogen) atoms. The molecule has 0 saturated heterocycles. The lowest BCUT2D eigenvalue weighted by atomic mass is 10.2. The number of benzene rings is 2. The Bertz CT molecular complexity index is 731. The van der Waals surface area contributed by atoms with Crippen LogP contribution in [-0.4, -0.2) is 25.0 Å². The smallest absolute Gasteiger partial charge is 0.255 e. The maximum absolute atomic E-state index is 12.0. The summed E-state index contributed by atoms with van der Waals surface area (Å²) in [4.78, 5) is 22.7. The largest absolute Gasteiger partial charge is 0.494 e. The van der Waals surface area contributed by atoms with Crippen LogP contribution in [0.2, 0.25) is 0 Å². The lowest BCUT2D eigenvalue weighted by Crippen LogP contribution is -2.20. The van der Waals surface area contributed by atoms with Crippen molar-refractivity contribution in [3.05, 3.63) is 54.1 Å². The first-order valence-electron chi connectivity index (χ1n) is 8.03. The number of aryl methyl sites for hydroxylation is 1. The van der Waals surface area contributed by atoms with Crippen molar-refractivity contribution in [3.8, 4) is 11.5 Å². The molecule has 2 aromatic rings. The van der Waals surface area contributed by atoms with Crippen LogP contribution in [0.5, 0.6) is 11.5 Å². The van der Waals surface area contributed by atoms with Crippen molar-refractivity contribution in [2.24, 2.45) is 5.73 Å². The summed E-state index contributed by atoms with van der Waals surface area (Å²) in [6.45, 7) is 2.27. The van der Waals surface area contributed by atoms with E-state index in [0.717, 1.165) is 11.3 Å². The third-order valence-electron chi connectivity index (χ3n) is 3.31. The van der Waals surface area contributed by atoms with E-state index in [2.05, 4.69) is 5.32 Å². The molecule has 132 valence electrons. The molecule has 0 fully saturated rings. The molecule has 0 spiro atoms. The second-order valence-electron chi connectivity index (χ2n) is 5.60. The number of anilines is 1. The van der Waals surface area contributed by atoms with E-state index in [9.17, 15) is 9.59 Å². The number of ether oxygens (including phenoxy) is 2. The van der Waals surface area contributed by atoms with Gasteiger partial charge in [0.25, 0.3) is 5.91 Å². The van der Waals surface area contributed by atoms with Crippen LogP contribution >= 0.6 is 0 Å². The molecule has 0 heterocycles. The van der Waals surface area contributed by atoms with Gasteiger partial charge in [-0.2, -0.15) is 0 Å². The van der Waals surface area contributed by atoms with Crippen LogP contribution in [0.4, 0.5) is 5.69 Å². The van der Waals surface area contributed by atoms with E-state index in [0.29, 0.717) is 30.9 Å². The number of hydrogen-bond donors (Lipinski definition) is 2. The Hall–Kier alpha value is -3.02. The zero-order valence-corrected chi connectivity index (χ0v) is 14.2. The molecule has 0 aliphatic carbocycles. The first-order chi connectivity index (χ1) is 12.0. The van der Waals surface area contributed by atoms with Crippen LogP contribution in [0.3, 0.4) is 0 Å². The van der Waals surface area contributed by atoms with E-state index in [4.69, 9.17) is 15.2 Å². The number of nitrogens with one attached hydrogen (secondary N) is 1. The fourth-order valence-electron chi connectivity index (χ4n) is 2.17. The molecular formula is C19H22N2O4. The Balaban J connectivity index is 1.72. The number of amides is 2. The minimum Gasteiger partial charge on any atom is -0.494 e. The van der Waals surface area contributed by atoms with E-state index in [1.807, 2.05) is 31.2 Å². The number of rotatable bonds is 9. The molecule has 2 aromatic carbocycles. The molecule has 2 rings (SSSR count). The number of carbonyl (C=O) groups excluding carboxylic acids is 2. The maximum Gasteiger partial charge on any atom is 0.255 e. The molecule has 0 unspecified atom stereocenters. The first-order valence-corrected chi connectivity index (χ1v) is 8.03. The van der Waals surface area contributed by atoms with Gasteiger partial charge in [0.2, 0.25) is 5.91 Å². The summed E-state index contributed by atoms with van der Waals surface area (Å²) < 4.78 is 10.8. The second-order valence-corrected chi connectivity index (χ2v) is 5.60. The summed E-state index contributed by atoms with van der Waals surface area (Å²) in [5, 5.41) is 2.79. The maximum atomic E-state index is 12.0. The fourth-order valence-corrected chi connectivity index (χ4v) is 2.17. The van der Waals surface area contributed by atoms with Crippen molar-refractivity contribution in [2.75, 3.05) is 18.5 Å². The Morgan fingerprint density at radius 1 is 1.04 bits per heavy atom. The highest BCUT2D eigenvalue weighted by molar-refractivity contribution is 5.90. The third-order valence-corrected chi connectivity index (χ3v) is 3.31. The fraction of sp³-hybridized carbons (Fsp3) is 0.263. The van der Waals surface area contributed by atoms with E-state index in [1.54, 1.807) is 24.3 Å². The van der Waals surface area contributed by atoms with Crippen LogP contribution in [0.15, 0.2) is 48.5 Å². The average molecular weight is 342 g/mol. The Kier molecular flexibility index (Phi) is 6.83. The van der Waals surface area contributed by atoms with Gasteiger partial charge in [-0.1, -0.05) is 18.2 Å². The van der Waals surface area contributed by atoms with Crippen LogP contribution in [0, 0.1) is 6.92 Å². The summed E-state index contributed by atoms with van der Waals surface area (Å²) in [5.74, 6) is 0.613. The minimum atomic E-state index is -0.553. The number of hydrogen-bond acceptors (Lipinski definition) is 4. The summed E-state index contributed by atoms with van der Waals surface area (Å²) in [6.07, 6.45) is 0.954. The molecule has 6 heteroatoms. The quantitative estimate of drug-likeness (QED) is 0.686. The zero-order valence-electron chi connectivity index (χ0n) is 14.2. The summed E-state index contributed by atoms with van der Waals surface area (Å²) in [6, 6.07) is 14.6. The topological polar surface area (TPSA) is 90.7 Å². The molecule has 0 aromatic heterocycles. The third kappa shape index (κ3) is 6.95. The SMILES string of the molecule is Cc1cccc(OCCCC(=O)Nc2cccc(OCC(N)=O)c2)c1. The van der Waals surface area contributed by atoms with Gasteiger partial charge in [-0.3, -0.25) is 9.59 Å². The van der Waals surface area contributed by atoms with E-state index < -0.39 is 5.91 Å². The lowest BCUT2D eigenvalue weighted by Gasteiger charge is -2.09. The van der Waals surface area contributed by atoms with Gasteiger partial charge in [0.05, 0.1) is 6.61 Å². The Morgan fingerprint density at radius 3 is 2.48 bits per heavy atom. The average Bonchev–Trinajstić information content (AvgIpc) is 2.57. The van der Waals surface area contributed by atoms with Crippen LogP contribution in [0.1, 0.15) is 18.4 Å². The van der Waals surface area contributed by atoms with Gasteiger partial charge < -0.3 is 20.5 Å². The van der Waals surface area contributed by atoms with Gasteiger partial charge >= 0.3 is 0 Å². The Labute approximate surface area is 146 Å². The highest BCUT2D eigenvalue weighted by atomic mass is 16.5. The van der Waals surface area contributed by atoms with Gasteiger partial charge in [-0.05, 0) is 43.2 Å². The first kappa shape index (κ1) is 18.3. The molecule has 0 radical (unpaired) electrons. The molecule has 0 aliphatic heterocycles. The standard InChI is InChI=1S/C19H22N2O4/c1-14-5-2-7-16(11-14)24-10-4-9-19(23)21-15-6-3-8-17(12-15)25-13-18(20)22/h2-3,5-8,11-12H,4,9-10,13H2,1H3,(H2,20,22)(H,21,23). The van der Waals surface area contributed by atoms with Crippen molar-refractivity contribution >= 4 is 17.5 Å². The monoisotopic (exact) mass is 342 g/mol. The molecular weight excluding hydrogens is 320 g/mol. The highest BCUT2D eigenvalue weighted by Gasteiger charge is 2.05. The van der Waals surface area contributed by atoms with E-state index in [-0.39, 0.29) is 12.5 Å². The molecule has 6 nitrogen and oxygen atoms in total. The van der Waals surface area contributed by atoms with Crippen molar-refractivity contribution in [1.82, 2.24) is 0 Å². The molecule has 0 atom stereocenters. The number of carbonyl (C=O) groups is 2. The minimum absolute atomic E-state index is 0.111. The zero-order chi connectivity index (χ0) is 18.1. The lowest BCUT2D eigenvalue weighted by molar-refractivity contribution is -0.120. The van der Waals surface area contributed by atoms with Crippen LogP contribution in [0.25, 0.3) is 0 Å². The normalized spacial score (nSPS) is 10.1. The van der Waals surface area contributed by atoms with Gasteiger partial charge in [0.15, 0.2) is 6.61 Å². The van der Waals surface area contributed by atoms with Crippen molar-refractivity contribution in [3.63, 3.8) is 0 Å². The van der Waals surface area contributed by atoms with E-state index in [1.165, 1.54) is 0 Å². The van der Waals surface area contributed by atoms with Crippen LogP contribution in [-0.2, 0) is 9.59 Å². The summed E-state index contributed by atoms with van der Waals surface area (Å²) >= 11 is 0. The van der Waals surface area contributed by atoms with Crippen LogP contribution < -0.4 is 20.5 Å². The molecule has 0 aliphatic rings. The molecule has 3 N–H and O–H groups in total. The number of nitrogens with two attached hydrogens (primary N) is 1. The van der Waals surface area contributed by atoms with Crippen molar-refractivity contribution < 1.29 is 19.1 Å². The van der Waals surface area contributed by atoms with Gasteiger partial charge in [0, 0.05) is 18.2 Å². The van der Waals surface area contributed by atoms with Crippen molar-refractivity contribution in [1.29, 1.82) is 0 Å². The van der Waals surface area contributed by atoms with Gasteiger partial charge in [-0.15, -0.1) is 0 Å². The Morgan fingerprint density at radius 2 is 1.76 bits per heavy atom. The van der Waals surface area contributed by atoms with E-state index >= 15 is 0 Å². The van der Waals surface area contributed by atoms with Gasteiger partial charge in [-0.25, -0.2) is 0 Å². The molecule has 0 saturated carbocycles. The number of primary amides is 1. The molecule has 0 bridgehead atoms. The highest BCUT2D eigenvalue weighted by Crippen LogP contribution is 2.18. The predicted octanol–water partition coefficient (Wildman–Crippen LogP) is 2.66.